The SMILES string of the molecule is CC[n+]1c(/C=C/C=C2/c3c(C)ccc(C)c3C(C)(Cc3ccccc3)N2C)sc2ccccc21.[O-][Cl+3]([O-])([O-])[O-]. The summed E-state index contributed by atoms with van der Waals surface area (Å²) in [5.74, 6) is 0. The Hall–Kier alpha value is -3.04. The minimum Gasteiger partial charge on any atom is -0.364 e. The van der Waals surface area contributed by atoms with E-state index >= 15 is 0 Å². The Kier molecular flexibility index (Phi) is 8.61. The van der Waals surface area contributed by atoms with Crippen LogP contribution in [0.2, 0.25) is 0 Å². The maximum Gasteiger partial charge on any atom is 0.262 e. The van der Waals surface area contributed by atoms with Gasteiger partial charge in [-0.05, 0) is 68.5 Å². The number of aryl methyl sites for hydroxylation is 3. The molecule has 0 spiro atoms. The van der Waals surface area contributed by atoms with E-state index in [9.17, 15) is 0 Å². The molecule has 0 radical (unpaired) electrons. The van der Waals surface area contributed by atoms with E-state index in [-0.39, 0.29) is 5.54 Å². The van der Waals surface area contributed by atoms with Crippen LogP contribution in [0, 0.1) is 24.1 Å². The Morgan fingerprint density at radius 1 is 0.923 bits per heavy atom. The fourth-order valence-corrected chi connectivity index (χ4v) is 6.70. The standard InChI is InChI=1S/C31H33N2S.ClHO4/c1-6-33-25-15-10-11-17-27(25)34-28(33)18-12-16-26-29-22(2)19-20-23(3)30(29)31(4,32(26)5)21-24-13-8-7-9-14-24;2-1(3,4)5/h7-20H,6,21H2,1-5H3;(H,2,3,4,5)/q+1;/p-1. The fraction of sp³-hybridized carbons (Fsp3) is 0.258. The van der Waals surface area contributed by atoms with E-state index in [2.05, 4.69) is 129 Å². The number of fused-ring (bicyclic) bond motifs is 2. The Labute approximate surface area is 236 Å². The first kappa shape index (κ1) is 29.0. The van der Waals surface area contributed by atoms with Gasteiger partial charge in [-0.1, -0.05) is 72.0 Å². The van der Waals surface area contributed by atoms with Crippen molar-refractivity contribution < 1.29 is 33.4 Å². The maximum absolute atomic E-state index is 8.49. The average molecular weight is 565 g/mol. The largest absolute Gasteiger partial charge is 0.364 e. The number of thiazole rings is 1. The number of hydrogen-bond donors (Lipinski definition) is 0. The van der Waals surface area contributed by atoms with Crippen molar-refractivity contribution >= 4 is 33.3 Å². The summed E-state index contributed by atoms with van der Waals surface area (Å²) >= 11 is 1.86. The summed E-state index contributed by atoms with van der Waals surface area (Å²) in [6.45, 7) is 10.1. The summed E-state index contributed by atoms with van der Waals surface area (Å²) in [4.78, 5) is 2.49. The van der Waals surface area contributed by atoms with E-state index in [0.29, 0.717) is 0 Å². The highest BCUT2D eigenvalue weighted by Gasteiger charge is 2.43. The molecule has 6 nitrogen and oxygen atoms in total. The molecule has 4 aromatic rings. The van der Waals surface area contributed by atoms with E-state index in [1.807, 2.05) is 11.3 Å². The van der Waals surface area contributed by atoms with Crippen LogP contribution >= 0.6 is 11.3 Å². The number of hydrogen-bond acceptors (Lipinski definition) is 6. The predicted molar refractivity (Wildman–Crippen MR) is 146 cm³/mol. The zero-order valence-electron chi connectivity index (χ0n) is 22.8. The second kappa shape index (κ2) is 11.6. The third kappa shape index (κ3) is 6.25. The van der Waals surface area contributed by atoms with E-state index in [1.54, 1.807) is 0 Å². The van der Waals surface area contributed by atoms with Crippen molar-refractivity contribution in [3.63, 3.8) is 0 Å². The van der Waals surface area contributed by atoms with Crippen LogP contribution in [-0.4, -0.2) is 11.9 Å². The van der Waals surface area contributed by atoms with Crippen molar-refractivity contribution in [2.75, 3.05) is 7.05 Å². The summed E-state index contributed by atoms with van der Waals surface area (Å²) in [6.07, 6.45) is 7.80. The fourth-order valence-electron chi connectivity index (χ4n) is 5.56. The zero-order valence-corrected chi connectivity index (χ0v) is 24.4. The molecule has 8 heteroatoms. The number of para-hydroxylation sites is 1. The average Bonchev–Trinajstić information content (AvgIpc) is 3.34. The molecule has 1 aliphatic rings. The Balaban J connectivity index is 0.000000648. The van der Waals surface area contributed by atoms with E-state index in [4.69, 9.17) is 18.6 Å². The third-order valence-corrected chi connectivity index (χ3v) is 8.49. The second-order valence-electron chi connectivity index (χ2n) is 9.89. The first-order valence-corrected chi connectivity index (χ1v) is 14.8. The van der Waals surface area contributed by atoms with Crippen LogP contribution in [0.25, 0.3) is 22.0 Å². The van der Waals surface area contributed by atoms with Gasteiger partial charge in [-0.3, -0.25) is 0 Å². The zero-order chi connectivity index (χ0) is 28.4. The first-order chi connectivity index (χ1) is 18.4. The van der Waals surface area contributed by atoms with Gasteiger partial charge in [0.1, 0.15) is 11.2 Å². The smallest absolute Gasteiger partial charge is 0.262 e. The van der Waals surface area contributed by atoms with Gasteiger partial charge in [0.25, 0.3) is 5.01 Å². The highest BCUT2D eigenvalue weighted by molar-refractivity contribution is 7.18. The van der Waals surface area contributed by atoms with Crippen LogP contribution in [0.3, 0.4) is 0 Å². The van der Waals surface area contributed by atoms with Crippen LogP contribution in [-0.2, 0) is 18.5 Å². The number of halogens is 1. The number of benzene rings is 3. The summed E-state index contributed by atoms with van der Waals surface area (Å²) in [5, 5.41) is 1.29. The number of rotatable bonds is 5. The summed E-state index contributed by atoms with van der Waals surface area (Å²) in [6, 6.07) is 24.1. The van der Waals surface area contributed by atoms with Crippen LogP contribution in [0.4, 0.5) is 0 Å². The van der Waals surface area contributed by atoms with E-state index in [1.165, 1.54) is 48.7 Å². The molecule has 1 aliphatic heterocycles. The lowest BCUT2D eigenvalue weighted by molar-refractivity contribution is -2.00. The molecule has 5 rings (SSSR count). The van der Waals surface area contributed by atoms with Gasteiger partial charge < -0.3 is 4.90 Å². The molecule has 3 aromatic carbocycles. The first-order valence-electron chi connectivity index (χ1n) is 12.7. The molecule has 1 aromatic heterocycles. The number of aromatic nitrogens is 1. The van der Waals surface area contributed by atoms with Gasteiger partial charge >= 0.3 is 0 Å². The van der Waals surface area contributed by atoms with Gasteiger partial charge in [-0.2, -0.15) is 4.57 Å². The molecule has 204 valence electrons. The Bertz CT molecular complexity index is 1520. The molecule has 0 bridgehead atoms. The van der Waals surface area contributed by atoms with Gasteiger partial charge in [-0.25, -0.2) is 18.6 Å². The van der Waals surface area contributed by atoms with Crippen LogP contribution in [0.15, 0.2) is 78.9 Å². The van der Waals surface area contributed by atoms with Crippen LogP contribution < -0.4 is 23.2 Å². The minimum atomic E-state index is -4.94. The lowest BCUT2D eigenvalue weighted by Crippen LogP contribution is -2.68. The highest BCUT2D eigenvalue weighted by atomic mass is 35.7. The second-order valence-corrected chi connectivity index (χ2v) is 11.7. The van der Waals surface area contributed by atoms with Crippen LogP contribution in [0.5, 0.6) is 0 Å². The van der Waals surface area contributed by atoms with Crippen molar-refractivity contribution in [2.24, 2.45) is 0 Å². The summed E-state index contributed by atoms with van der Waals surface area (Å²) in [5.41, 5.74) is 9.46. The predicted octanol–water partition coefficient (Wildman–Crippen LogP) is 2.53. The quantitative estimate of drug-likeness (QED) is 0.347. The molecule has 0 N–H and O–H groups in total. The van der Waals surface area contributed by atoms with Crippen molar-refractivity contribution in [1.29, 1.82) is 0 Å². The lowest BCUT2D eigenvalue weighted by atomic mass is 9.82. The van der Waals surface area contributed by atoms with Gasteiger partial charge in [0, 0.05) is 30.5 Å². The van der Waals surface area contributed by atoms with Gasteiger partial charge in [0.2, 0.25) is 5.52 Å². The van der Waals surface area contributed by atoms with Crippen molar-refractivity contribution in [1.82, 2.24) is 4.90 Å². The maximum atomic E-state index is 8.49. The molecule has 0 amide bonds. The highest BCUT2D eigenvalue weighted by Crippen LogP contribution is 2.49. The van der Waals surface area contributed by atoms with E-state index < -0.39 is 10.2 Å². The molecule has 0 aliphatic carbocycles. The number of likely N-dealkylation sites (N-methyl/N-ethyl adjacent to an activating group) is 1. The summed E-state index contributed by atoms with van der Waals surface area (Å²) < 4.78 is 37.7. The third-order valence-electron chi connectivity index (χ3n) is 7.36. The molecule has 39 heavy (non-hydrogen) atoms. The molecule has 2 heterocycles. The number of allylic oxidation sites excluding steroid dienone is 2. The Morgan fingerprint density at radius 2 is 1.54 bits per heavy atom. The molecule has 1 unspecified atom stereocenters. The minimum absolute atomic E-state index is 0.0899. The van der Waals surface area contributed by atoms with Crippen molar-refractivity contribution in [2.45, 2.75) is 46.2 Å². The van der Waals surface area contributed by atoms with Gasteiger partial charge in [0.05, 0.1) is 5.54 Å². The molecule has 0 saturated carbocycles. The molecule has 0 saturated heterocycles. The van der Waals surface area contributed by atoms with Gasteiger partial charge in [-0.15, -0.1) is 10.2 Å². The topological polar surface area (TPSA) is 99.4 Å². The normalized spacial score (nSPS) is 18.1. The molecular weight excluding hydrogens is 532 g/mol. The Morgan fingerprint density at radius 3 is 2.21 bits per heavy atom. The summed E-state index contributed by atoms with van der Waals surface area (Å²) in [7, 11) is -2.69. The monoisotopic (exact) mass is 564 g/mol. The number of nitrogens with zero attached hydrogens (tertiary/aromatic N) is 2. The lowest BCUT2D eigenvalue weighted by Gasteiger charge is -2.36. The van der Waals surface area contributed by atoms with Crippen molar-refractivity contribution in [3.8, 4) is 0 Å². The molecular formula is C31H33ClN2O4S. The van der Waals surface area contributed by atoms with E-state index in [0.717, 1.165) is 13.0 Å². The van der Waals surface area contributed by atoms with Crippen molar-refractivity contribution in [3.05, 3.63) is 112 Å². The molecule has 0 fully saturated rings. The molecule has 1 atom stereocenters. The van der Waals surface area contributed by atoms with Crippen LogP contribution in [0.1, 0.15) is 46.7 Å². The van der Waals surface area contributed by atoms with Gasteiger partial charge in [0.15, 0.2) is 0 Å².